The standard InChI is InChI=1S/C16H20ClFN4O3/c17-11-2-1-3-12(18)10(11)9-22-7-6-21-16(25)13(22)8-15(24)20-5-4-14(19)23/h1-3,13H,4-9H2,(H2,19,23)(H,20,24)(H,21,25)/t13-/m1/s1. The maximum atomic E-state index is 14.0. The highest BCUT2D eigenvalue weighted by molar-refractivity contribution is 6.31. The SMILES string of the molecule is NC(=O)CCNC(=O)C[C@@H]1C(=O)NCCN1Cc1c(F)cccc1Cl. The van der Waals surface area contributed by atoms with Crippen LogP contribution in [-0.2, 0) is 20.9 Å². The second kappa shape index (κ2) is 8.77. The topological polar surface area (TPSA) is 105 Å². The zero-order chi connectivity index (χ0) is 18.4. The summed E-state index contributed by atoms with van der Waals surface area (Å²) in [5, 5.41) is 5.51. The Bertz CT molecular complexity index is 651. The van der Waals surface area contributed by atoms with Gasteiger partial charge in [-0.15, -0.1) is 0 Å². The summed E-state index contributed by atoms with van der Waals surface area (Å²) >= 11 is 6.05. The van der Waals surface area contributed by atoms with Crippen LogP contribution in [0.3, 0.4) is 0 Å². The summed E-state index contributed by atoms with van der Waals surface area (Å²) in [5.41, 5.74) is 5.30. The summed E-state index contributed by atoms with van der Waals surface area (Å²) in [6.45, 7) is 1.11. The summed E-state index contributed by atoms with van der Waals surface area (Å²) < 4.78 is 14.0. The number of hydrogen-bond acceptors (Lipinski definition) is 4. The number of carbonyl (C=O) groups excluding carboxylic acids is 3. The fourth-order valence-corrected chi connectivity index (χ4v) is 2.86. The van der Waals surface area contributed by atoms with Crippen molar-refractivity contribution < 1.29 is 18.8 Å². The first-order valence-electron chi connectivity index (χ1n) is 7.88. The molecular weight excluding hydrogens is 351 g/mol. The summed E-state index contributed by atoms with van der Waals surface area (Å²) in [6.07, 6.45) is -0.0756. The number of nitrogens with one attached hydrogen (secondary N) is 2. The van der Waals surface area contributed by atoms with Crippen molar-refractivity contribution in [1.82, 2.24) is 15.5 Å². The molecule has 0 unspecified atom stereocenters. The van der Waals surface area contributed by atoms with Gasteiger partial charge in [0.05, 0.1) is 12.5 Å². The predicted octanol–water partition coefficient (Wildman–Crippen LogP) is 0.161. The van der Waals surface area contributed by atoms with Gasteiger partial charge in [0.2, 0.25) is 17.7 Å². The maximum absolute atomic E-state index is 14.0. The van der Waals surface area contributed by atoms with Gasteiger partial charge in [0.15, 0.2) is 0 Å². The molecule has 0 aromatic heterocycles. The van der Waals surface area contributed by atoms with Gasteiger partial charge < -0.3 is 16.4 Å². The number of hydrogen-bond donors (Lipinski definition) is 3. The number of carbonyl (C=O) groups is 3. The van der Waals surface area contributed by atoms with Crippen molar-refractivity contribution in [3.63, 3.8) is 0 Å². The van der Waals surface area contributed by atoms with E-state index in [-0.39, 0.29) is 48.3 Å². The molecule has 0 spiro atoms. The third-order valence-electron chi connectivity index (χ3n) is 3.94. The van der Waals surface area contributed by atoms with Gasteiger partial charge in [-0.3, -0.25) is 19.3 Å². The van der Waals surface area contributed by atoms with Crippen molar-refractivity contribution in [2.24, 2.45) is 5.73 Å². The van der Waals surface area contributed by atoms with Crippen LogP contribution in [0.15, 0.2) is 18.2 Å². The third kappa shape index (κ3) is 5.40. The first-order valence-corrected chi connectivity index (χ1v) is 8.26. The molecule has 9 heteroatoms. The lowest BCUT2D eigenvalue weighted by Gasteiger charge is -2.35. The first-order chi connectivity index (χ1) is 11.9. The van der Waals surface area contributed by atoms with E-state index < -0.39 is 17.8 Å². The highest BCUT2D eigenvalue weighted by Gasteiger charge is 2.32. The summed E-state index contributed by atoms with van der Waals surface area (Å²) in [6, 6.07) is 3.65. The minimum atomic E-state index is -0.738. The van der Waals surface area contributed by atoms with Gasteiger partial charge in [-0.2, -0.15) is 0 Å². The van der Waals surface area contributed by atoms with Gasteiger partial charge >= 0.3 is 0 Å². The summed E-state index contributed by atoms with van der Waals surface area (Å²) in [5.74, 6) is -1.66. The molecule has 0 aliphatic carbocycles. The highest BCUT2D eigenvalue weighted by atomic mass is 35.5. The van der Waals surface area contributed by atoms with Crippen LogP contribution in [0.5, 0.6) is 0 Å². The lowest BCUT2D eigenvalue weighted by Crippen LogP contribution is -2.56. The van der Waals surface area contributed by atoms with E-state index in [2.05, 4.69) is 10.6 Å². The van der Waals surface area contributed by atoms with Crippen LogP contribution in [0.2, 0.25) is 5.02 Å². The van der Waals surface area contributed by atoms with E-state index in [1.54, 1.807) is 11.0 Å². The molecule has 4 N–H and O–H groups in total. The number of piperazine rings is 1. The predicted molar refractivity (Wildman–Crippen MR) is 90.1 cm³/mol. The van der Waals surface area contributed by atoms with Gasteiger partial charge in [0.1, 0.15) is 5.82 Å². The Hall–Kier alpha value is -2.19. The molecule has 1 aliphatic heterocycles. The molecule has 2 rings (SSSR count). The zero-order valence-corrected chi connectivity index (χ0v) is 14.3. The van der Waals surface area contributed by atoms with Crippen molar-refractivity contribution in [2.75, 3.05) is 19.6 Å². The van der Waals surface area contributed by atoms with E-state index in [1.165, 1.54) is 12.1 Å². The number of nitrogens with zero attached hydrogens (tertiary/aromatic N) is 1. The molecule has 1 aromatic carbocycles. The average Bonchev–Trinajstić information content (AvgIpc) is 2.53. The van der Waals surface area contributed by atoms with Crippen LogP contribution in [-0.4, -0.2) is 48.3 Å². The number of benzene rings is 1. The van der Waals surface area contributed by atoms with E-state index in [1.807, 2.05) is 0 Å². The maximum Gasteiger partial charge on any atom is 0.237 e. The molecule has 0 bridgehead atoms. The average molecular weight is 371 g/mol. The minimum Gasteiger partial charge on any atom is -0.370 e. The molecule has 1 atom stereocenters. The van der Waals surface area contributed by atoms with Crippen LogP contribution in [0.4, 0.5) is 4.39 Å². The molecule has 1 aliphatic rings. The largest absolute Gasteiger partial charge is 0.370 e. The van der Waals surface area contributed by atoms with E-state index in [0.29, 0.717) is 13.1 Å². The molecule has 1 heterocycles. The smallest absolute Gasteiger partial charge is 0.237 e. The molecule has 25 heavy (non-hydrogen) atoms. The molecule has 3 amide bonds. The van der Waals surface area contributed by atoms with Crippen LogP contribution in [0.25, 0.3) is 0 Å². The van der Waals surface area contributed by atoms with Crippen molar-refractivity contribution in [1.29, 1.82) is 0 Å². The van der Waals surface area contributed by atoms with Gasteiger partial charge in [0.25, 0.3) is 0 Å². The molecule has 1 aromatic rings. The van der Waals surface area contributed by atoms with Crippen LogP contribution in [0.1, 0.15) is 18.4 Å². The monoisotopic (exact) mass is 370 g/mol. The van der Waals surface area contributed by atoms with Gasteiger partial charge in [-0.05, 0) is 12.1 Å². The van der Waals surface area contributed by atoms with Crippen molar-refractivity contribution in [3.8, 4) is 0 Å². The fourth-order valence-electron chi connectivity index (χ4n) is 2.63. The van der Waals surface area contributed by atoms with Gasteiger partial charge in [-0.25, -0.2) is 4.39 Å². The number of nitrogens with two attached hydrogens (primary N) is 1. The Balaban J connectivity index is 2.04. The molecule has 0 radical (unpaired) electrons. The second-order valence-electron chi connectivity index (χ2n) is 5.75. The Labute approximate surface area is 149 Å². The van der Waals surface area contributed by atoms with Gasteiger partial charge in [0, 0.05) is 43.2 Å². The zero-order valence-electron chi connectivity index (χ0n) is 13.6. The molecule has 136 valence electrons. The molecule has 7 nitrogen and oxygen atoms in total. The number of rotatable bonds is 7. The summed E-state index contributed by atoms with van der Waals surface area (Å²) in [4.78, 5) is 36.6. The number of primary amides is 1. The quantitative estimate of drug-likeness (QED) is 0.636. The number of halogens is 2. The van der Waals surface area contributed by atoms with E-state index >= 15 is 0 Å². The van der Waals surface area contributed by atoms with E-state index in [0.717, 1.165) is 0 Å². The van der Waals surface area contributed by atoms with E-state index in [9.17, 15) is 18.8 Å². The normalized spacial score (nSPS) is 17.8. The number of amides is 3. The third-order valence-corrected chi connectivity index (χ3v) is 4.29. The van der Waals surface area contributed by atoms with Gasteiger partial charge in [-0.1, -0.05) is 17.7 Å². The van der Waals surface area contributed by atoms with E-state index in [4.69, 9.17) is 17.3 Å². The van der Waals surface area contributed by atoms with Crippen LogP contribution in [0, 0.1) is 5.82 Å². The van der Waals surface area contributed by atoms with Crippen molar-refractivity contribution in [3.05, 3.63) is 34.6 Å². The fraction of sp³-hybridized carbons (Fsp3) is 0.438. The lowest BCUT2D eigenvalue weighted by atomic mass is 10.1. The van der Waals surface area contributed by atoms with Crippen molar-refractivity contribution >= 4 is 29.3 Å². The first kappa shape index (κ1) is 19.1. The second-order valence-corrected chi connectivity index (χ2v) is 6.16. The van der Waals surface area contributed by atoms with Crippen LogP contribution < -0.4 is 16.4 Å². The highest BCUT2D eigenvalue weighted by Crippen LogP contribution is 2.23. The molecule has 1 saturated heterocycles. The molecule has 0 saturated carbocycles. The molecular formula is C16H20ClFN4O3. The molecule has 1 fully saturated rings. The minimum absolute atomic E-state index is 0.0250. The Morgan fingerprint density at radius 1 is 1.44 bits per heavy atom. The summed E-state index contributed by atoms with van der Waals surface area (Å²) in [7, 11) is 0. The lowest BCUT2D eigenvalue weighted by molar-refractivity contribution is -0.134. The Kier molecular flexibility index (Phi) is 6.72. The van der Waals surface area contributed by atoms with Crippen molar-refractivity contribution in [2.45, 2.75) is 25.4 Å². The van der Waals surface area contributed by atoms with Crippen LogP contribution >= 0.6 is 11.6 Å². The Morgan fingerprint density at radius 3 is 2.88 bits per heavy atom. The Morgan fingerprint density at radius 2 is 2.20 bits per heavy atom.